The van der Waals surface area contributed by atoms with E-state index in [4.69, 9.17) is 27.9 Å². The van der Waals surface area contributed by atoms with E-state index in [1.807, 2.05) is 36.1 Å². The molecule has 0 aliphatic carbocycles. The molecular formula is C21H22Cl2N2O3. The topological polar surface area (TPSA) is 49.9 Å². The molecule has 1 aliphatic rings. The second-order valence-corrected chi connectivity index (χ2v) is 7.55. The predicted molar refractivity (Wildman–Crippen MR) is 110 cm³/mol. The van der Waals surface area contributed by atoms with Crippen LogP contribution in [0.25, 0.3) is 0 Å². The summed E-state index contributed by atoms with van der Waals surface area (Å²) in [5.74, 6) is 0.304. The third-order valence-corrected chi connectivity index (χ3v) is 5.29. The molecule has 1 saturated heterocycles. The maximum atomic E-state index is 12.8. The second-order valence-electron chi connectivity index (χ2n) is 6.70. The Kier molecular flexibility index (Phi) is 6.81. The number of aryl methyl sites for hydroxylation is 1. The summed E-state index contributed by atoms with van der Waals surface area (Å²) >= 11 is 11.9. The molecule has 0 bridgehead atoms. The van der Waals surface area contributed by atoms with Gasteiger partial charge in [0.25, 0.3) is 11.8 Å². The van der Waals surface area contributed by atoms with Crippen LogP contribution < -0.4 is 4.74 Å². The summed E-state index contributed by atoms with van der Waals surface area (Å²) in [7, 11) is 0. The maximum Gasteiger partial charge on any atom is 0.260 e. The van der Waals surface area contributed by atoms with Gasteiger partial charge in [-0.15, -0.1) is 0 Å². The van der Waals surface area contributed by atoms with E-state index in [0.29, 0.717) is 47.5 Å². The summed E-state index contributed by atoms with van der Waals surface area (Å²) < 4.78 is 5.54. The zero-order valence-corrected chi connectivity index (χ0v) is 17.2. The fourth-order valence-corrected chi connectivity index (χ4v) is 3.64. The maximum absolute atomic E-state index is 12.8. The highest BCUT2D eigenvalue weighted by atomic mass is 35.5. The van der Waals surface area contributed by atoms with Gasteiger partial charge >= 0.3 is 0 Å². The predicted octanol–water partition coefficient (Wildman–Crippen LogP) is 4.06. The van der Waals surface area contributed by atoms with Crippen LogP contribution in [0.15, 0.2) is 42.5 Å². The van der Waals surface area contributed by atoms with Crippen LogP contribution in [0.3, 0.4) is 0 Å². The number of halogens is 2. The zero-order chi connectivity index (χ0) is 20.1. The molecule has 2 aromatic rings. The van der Waals surface area contributed by atoms with Crippen LogP contribution in [0, 0.1) is 6.92 Å². The molecule has 0 unspecified atom stereocenters. The molecule has 0 atom stereocenters. The minimum absolute atomic E-state index is 0.0107. The lowest BCUT2D eigenvalue weighted by Gasteiger charge is -2.23. The first-order valence-electron chi connectivity index (χ1n) is 9.16. The number of amides is 2. The van der Waals surface area contributed by atoms with E-state index < -0.39 is 0 Å². The van der Waals surface area contributed by atoms with E-state index in [-0.39, 0.29) is 18.4 Å². The summed E-state index contributed by atoms with van der Waals surface area (Å²) in [6.07, 6.45) is 0.727. The normalized spacial score (nSPS) is 14.5. The highest BCUT2D eigenvalue weighted by Crippen LogP contribution is 2.27. The van der Waals surface area contributed by atoms with Crippen molar-refractivity contribution >= 4 is 35.0 Å². The van der Waals surface area contributed by atoms with E-state index in [1.165, 1.54) is 0 Å². The van der Waals surface area contributed by atoms with Gasteiger partial charge in [0.2, 0.25) is 0 Å². The Bertz CT molecular complexity index is 872. The van der Waals surface area contributed by atoms with Crippen molar-refractivity contribution in [3.63, 3.8) is 0 Å². The number of nitrogens with zero attached hydrogens (tertiary/aromatic N) is 2. The van der Waals surface area contributed by atoms with Gasteiger partial charge in [-0.1, -0.05) is 41.4 Å². The third kappa shape index (κ3) is 4.97. The van der Waals surface area contributed by atoms with Gasteiger partial charge in [-0.25, -0.2) is 0 Å². The average Bonchev–Trinajstić information content (AvgIpc) is 2.93. The molecule has 0 spiro atoms. The lowest BCUT2D eigenvalue weighted by atomic mass is 10.1. The Morgan fingerprint density at radius 3 is 2.46 bits per heavy atom. The SMILES string of the molecule is Cc1ccccc1C(=O)N1CCCN(C(=O)COc2ccc(Cl)cc2Cl)CC1. The van der Waals surface area contributed by atoms with Crippen molar-refractivity contribution in [2.45, 2.75) is 13.3 Å². The van der Waals surface area contributed by atoms with Crippen molar-refractivity contribution in [1.82, 2.24) is 9.80 Å². The smallest absolute Gasteiger partial charge is 0.260 e. The lowest BCUT2D eigenvalue weighted by molar-refractivity contribution is -0.133. The lowest BCUT2D eigenvalue weighted by Crippen LogP contribution is -2.39. The standard InChI is InChI=1S/C21H22Cl2N2O3/c1-15-5-2-3-6-17(15)21(27)25-10-4-9-24(11-12-25)20(26)14-28-19-8-7-16(22)13-18(19)23/h2-3,5-8,13H,4,9-12,14H2,1H3. The van der Waals surface area contributed by atoms with Crippen molar-refractivity contribution < 1.29 is 14.3 Å². The van der Waals surface area contributed by atoms with Gasteiger partial charge in [0, 0.05) is 36.8 Å². The Morgan fingerprint density at radius 2 is 1.71 bits per heavy atom. The molecule has 7 heteroatoms. The van der Waals surface area contributed by atoms with Crippen LogP contribution >= 0.6 is 23.2 Å². The van der Waals surface area contributed by atoms with Gasteiger partial charge in [-0.05, 0) is 43.2 Å². The van der Waals surface area contributed by atoms with Crippen LogP contribution in [-0.2, 0) is 4.79 Å². The van der Waals surface area contributed by atoms with Gasteiger partial charge in [-0.2, -0.15) is 0 Å². The molecule has 1 aliphatic heterocycles. The Morgan fingerprint density at radius 1 is 1.00 bits per heavy atom. The van der Waals surface area contributed by atoms with Gasteiger partial charge in [0.1, 0.15) is 5.75 Å². The molecule has 1 heterocycles. The Labute approximate surface area is 174 Å². The molecule has 2 aromatic carbocycles. The van der Waals surface area contributed by atoms with Crippen molar-refractivity contribution in [1.29, 1.82) is 0 Å². The quantitative estimate of drug-likeness (QED) is 0.749. The minimum Gasteiger partial charge on any atom is -0.482 e. The highest BCUT2D eigenvalue weighted by molar-refractivity contribution is 6.35. The molecule has 0 aromatic heterocycles. The summed E-state index contributed by atoms with van der Waals surface area (Å²) in [5.41, 5.74) is 1.67. The molecule has 1 fully saturated rings. The summed E-state index contributed by atoms with van der Waals surface area (Å²) in [6.45, 7) is 4.02. The van der Waals surface area contributed by atoms with Crippen molar-refractivity contribution in [3.8, 4) is 5.75 Å². The number of rotatable bonds is 4. The van der Waals surface area contributed by atoms with E-state index in [1.54, 1.807) is 23.1 Å². The number of hydrogen-bond acceptors (Lipinski definition) is 3. The summed E-state index contributed by atoms with van der Waals surface area (Å²) in [5, 5.41) is 0.876. The van der Waals surface area contributed by atoms with E-state index in [0.717, 1.165) is 12.0 Å². The van der Waals surface area contributed by atoms with Gasteiger partial charge in [0.05, 0.1) is 5.02 Å². The Balaban J connectivity index is 1.56. The molecule has 0 N–H and O–H groups in total. The first-order valence-corrected chi connectivity index (χ1v) is 9.92. The zero-order valence-electron chi connectivity index (χ0n) is 15.7. The number of carbonyl (C=O) groups is 2. The van der Waals surface area contributed by atoms with Crippen molar-refractivity contribution in [3.05, 3.63) is 63.6 Å². The van der Waals surface area contributed by atoms with E-state index in [2.05, 4.69) is 0 Å². The molecule has 2 amide bonds. The van der Waals surface area contributed by atoms with Crippen LogP contribution in [0.5, 0.6) is 5.75 Å². The van der Waals surface area contributed by atoms with Crippen LogP contribution in [-0.4, -0.2) is 54.4 Å². The average molecular weight is 421 g/mol. The highest BCUT2D eigenvalue weighted by Gasteiger charge is 2.23. The number of hydrogen-bond donors (Lipinski definition) is 0. The molecule has 3 rings (SSSR count). The molecule has 5 nitrogen and oxygen atoms in total. The van der Waals surface area contributed by atoms with Gasteiger partial charge < -0.3 is 14.5 Å². The van der Waals surface area contributed by atoms with Crippen LogP contribution in [0.1, 0.15) is 22.3 Å². The van der Waals surface area contributed by atoms with E-state index in [9.17, 15) is 9.59 Å². The summed E-state index contributed by atoms with van der Waals surface area (Å²) in [4.78, 5) is 28.9. The second kappa shape index (κ2) is 9.30. The first kappa shape index (κ1) is 20.5. The Hall–Kier alpha value is -2.24. The molecule has 0 saturated carbocycles. The third-order valence-electron chi connectivity index (χ3n) is 4.76. The minimum atomic E-state index is -0.129. The number of carbonyl (C=O) groups excluding carboxylic acids is 2. The number of benzene rings is 2. The monoisotopic (exact) mass is 420 g/mol. The molecular weight excluding hydrogens is 399 g/mol. The van der Waals surface area contributed by atoms with Crippen LogP contribution in [0.4, 0.5) is 0 Å². The van der Waals surface area contributed by atoms with Crippen molar-refractivity contribution in [2.24, 2.45) is 0 Å². The van der Waals surface area contributed by atoms with Crippen molar-refractivity contribution in [2.75, 3.05) is 32.8 Å². The van der Waals surface area contributed by atoms with Gasteiger partial charge in [-0.3, -0.25) is 9.59 Å². The van der Waals surface area contributed by atoms with Gasteiger partial charge in [0.15, 0.2) is 6.61 Å². The summed E-state index contributed by atoms with van der Waals surface area (Å²) in [6, 6.07) is 12.4. The molecule has 28 heavy (non-hydrogen) atoms. The molecule has 148 valence electrons. The fourth-order valence-electron chi connectivity index (χ4n) is 3.18. The van der Waals surface area contributed by atoms with E-state index >= 15 is 0 Å². The first-order chi connectivity index (χ1) is 13.5. The molecule has 0 radical (unpaired) electrons. The fraction of sp³-hybridized carbons (Fsp3) is 0.333. The number of ether oxygens (including phenoxy) is 1. The largest absolute Gasteiger partial charge is 0.482 e. The van der Waals surface area contributed by atoms with Crippen LogP contribution in [0.2, 0.25) is 10.0 Å².